The molecular formula is C61H41N. The van der Waals surface area contributed by atoms with Gasteiger partial charge in [-0.25, -0.2) is 0 Å². The molecule has 11 aromatic carbocycles. The van der Waals surface area contributed by atoms with E-state index in [4.69, 9.17) is 0 Å². The molecule has 0 saturated carbocycles. The van der Waals surface area contributed by atoms with Gasteiger partial charge in [-0.15, -0.1) is 0 Å². The monoisotopic (exact) mass is 787 g/mol. The van der Waals surface area contributed by atoms with Gasteiger partial charge in [-0.2, -0.15) is 0 Å². The highest BCUT2D eigenvalue weighted by molar-refractivity contribution is 6.12. The van der Waals surface area contributed by atoms with Crippen LogP contribution in [0.2, 0.25) is 0 Å². The molecule has 0 amide bonds. The third kappa shape index (κ3) is 5.63. The minimum Gasteiger partial charge on any atom is -0.310 e. The molecule has 0 saturated heterocycles. The van der Waals surface area contributed by atoms with Crippen molar-refractivity contribution in [3.63, 3.8) is 0 Å². The summed E-state index contributed by atoms with van der Waals surface area (Å²) in [6.07, 6.45) is 0. The van der Waals surface area contributed by atoms with Gasteiger partial charge in [0.15, 0.2) is 0 Å². The van der Waals surface area contributed by atoms with Crippen molar-refractivity contribution in [1.82, 2.24) is 0 Å². The van der Waals surface area contributed by atoms with Gasteiger partial charge in [0.25, 0.3) is 0 Å². The van der Waals surface area contributed by atoms with Crippen molar-refractivity contribution in [2.45, 2.75) is 5.41 Å². The van der Waals surface area contributed by atoms with E-state index in [1.165, 1.54) is 88.0 Å². The third-order valence-corrected chi connectivity index (χ3v) is 13.1. The average molecular weight is 788 g/mol. The van der Waals surface area contributed by atoms with Gasteiger partial charge in [-0.3, -0.25) is 0 Å². The number of fused-ring (bicyclic) bond motifs is 7. The summed E-state index contributed by atoms with van der Waals surface area (Å²) < 4.78 is 0. The normalized spacial score (nSPS) is 12.6. The van der Waals surface area contributed by atoms with E-state index >= 15 is 0 Å². The standard InChI is InChI=1S/C61H41N/c1-3-18-48(19-4-1)61(49-20-5-2-6-21-49)57-26-12-11-23-56(57)60-58(61)27-14-28-59(60)62(50-36-31-43(32-37-50)47-30-29-42-15-7-8-17-46(42)41-47)51-38-33-45(34-39-51)53-24-13-25-54-52-22-10-9-16-44(52)35-40-55(53)54/h1-41H. The van der Waals surface area contributed by atoms with Gasteiger partial charge >= 0.3 is 0 Å². The largest absolute Gasteiger partial charge is 0.310 e. The smallest absolute Gasteiger partial charge is 0.0714 e. The minimum absolute atomic E-state index is 0.502. The Kier molecular flexibility index (Phi) is 8.47. The molecule has 11 aromatic rings. The third-order valence-electron chi connectivity index (χ3n) is 13.1. The van der Waals surface area contributed by atoms with Crippen LogP contribution in [0.15, 0.2) is 249 Å². The van der Waals surface area contributed by atoms with E-state index in [2.05, 4.69) is 254 Å². The van der Waals surface area contributed by atoms with Crippen LogP contribution in [0.1, 0.15) is 22.3 Å². The van der Waals surface area contributed by atoms with Gasteiger partial charge < -0.3 is 4.90 Å². The average Bonchev–Trinajstić information content (AvgIpc) is 3.66. The molecular weight excluding hydrogens is 747 g/mol. The topological polar surface area (TPSA) is 3.24 Å². The second-order valence-corrected chi connectivity index (χ2v) is 16.4. The molecule has 0 spiro atoms. The molecule has 0 radical (unpaired) electrons. The van der Waals surface area contributed by atoms with Crippen LogP contribution in [0, 0.1) is 0 Å². The van der Waals surface area contributed by atoms with Crippen molar-refractivity contribution in [3.05, 3.63) is 271 Å². The summed E-state index contributed by atoms with van der Waals surface area (Å²) in [7, 11) is 0. The molecule has 0 aliphatic heterocycles. The summed E-state index contributed by atoms with van der Waals surface area (Å²) in [4.78, 5) is 2.46. The van der Waals surface area contributed by atoms with E-state index in [1.807, 2.05) is 0 Å². The Bertz CT molecular complexity index is 3400. The van der Waals surface area contributed by atoms with Crippen LogP contribution in [-0.2, 0) is 5.41 Å². The van der Waals surface area contributed by atoms with Crippen molar-refractivity contribution in [1.29, 1.82) is 0 Å². The fourth-order valence-corrected chi connectivity index (χ4v) is 10.3. The molecule has 12 rings (SSSR count). The number of hydrogen-bond donors (Lipinski definition) is 0. The zero-order chi connectivity index (χ0) is 41.0. The molecule has 0 N–H and O–H groups in total. The van der Waals surface area contributed by atoms with Crippen molar-refractivity contribution in [3.8, 4) is 33.4 Å². The van der Waals surface area contributed by atoms with Gasteiger partial charge in [0.1, 0.15) is 0 Å². The molecule has 1 nitrogen and oxygen atoms in total. The maximum atomic E-state index is 2.46. The molecule has 0 fully saturated rings. The maximum Gasteiger partial charge on any atom is 0.0714 e. The SMILES string of the molecule is c1ccc(C2(c3ccccc3)c3ccccc3-c3c(N(c4ccc(-c5ccc6ccccc6c5)cc4)c4ccc(-c5cccc6c5ccc5ccccc56)cc4)cccc32)cc1. The lowest BCUT2D eigenvalue weighted by Gasteiger charge is -2.34. The van der Waals surface area contributed by atoms with E-state index in [9.17, 15) is 0 Å². The molecule has 0 unspecified atom stereocenters. The Labute approximate surface area is 362 Å². The van der Waals surface area contributed by atoms with Crippen molar-refractivity contribution in [2.24, 2.45) is 0 Å². The zero-order valence-electron chi connectivity index (χ0n) is 34.1. The quantitative estimate of drug-likeness (QED) is 0.145. The fraction of sp³-hybridized carbons (Fsp3) is 0.0164. The van der Waals surface area contributed by atoms with Crippen LogP contribution >= 0.6 is 0 Å². The molecule has 1 aliphatic rings. The van der Waals surface area contributed by atoms with Crippen molar-refractivity contribution < 1.29 is 0 Å². The number of hydrogen-bond acceptors (Lipinski definition) is 1. The zero-order valence-corrected chi connectivity index (χ0v) is 34.1. The van der Waals surface area contributed by atoms with Gasteiger partial charge in [0.05, 0.1) is 11.1 Å². The first-order valence-electron chi connectivity index (χ1n) is 21.5. The first-order valence-corrected chi connectivity index (χ1v) is 21.5. The maximum absolute atomic E-state index is 2.46. The lowest BCUT2D eigenvalue weighted by atomic mass is 9.68. The minimum atomic E-state index is -0.502. The van der Waals surface area contributed by atoms with E-state index < -0.39 is 5.41 Å². The molecule has 0 aromatic heterocycles. The highest BCUT2D eigenvalue weighted by atomic mass is 15.1. The van der Waals surface area contributed by atoms with Gasteiger partial charge in [-0.1, -0.05) is 212 Å². The highest BCUT2D eigenvalue weighted by Crippen LogP contribution is 2.59. The van der Waals surface area contributed by atoms with Gasteiger partial charge in [0.2, 0.25) is 0 Å². The first-order chi connectivity index (χ1) is 30.8. The number of anilines is 3. The molecule has 1 heteroatoms. The summed E-state index contributed by atoms with van der Waals surface area (Å²) >= 11 is 0. The van der Waals surface area contributed by atoms with Crippen LogP contribution in [0.25, 0.3) is 65.7 Å². The molecule has 0 heterocycles. The van der Waals surface area contributed by atoms with Crippen LogP contribution in [0.5, 0.6) is 0 Å². The van der Waals surface area contributed by atoms with Gasteiger partial charge in [-0.05, 0) is 119 Å². The first kappa shape index (κ1) is 35.9. The molecule has 0 atom stereocenters. The Hall–Kier alpha value is -8.00. The van der Waals surface area contributed by atoms with E-state index in [0.717, 1.165) is 17.1 Å². The summed E-state index contributed by atoms with van der Waals surface area (Å²) in [5.74, 6) is 0. The second kappa shape index (κ2) is 14.6. The fourth-order valence-electron chi connectivity index (χ4n) is 10.3. The summed E-state index contributed by atoms with van der Waals surface area (Å²) in [5.41, 5.74) is 15.3. The summed E-state index contributed by atoms with van der Waals surface area (Å²) in [6, 6.07) is 91.6. The lowest BCUT2D eigenvalue weighted by molar-refractivity contribution is 0.768. The summed E-state index contributed by atoms with van der Waals surface area (Å²) in [5, 5.41) is 7.57. The Morgan fingerprint density at radius 2 is 0.823 bits per heavy atom. The van der Waals surface area contributed by atoms with Crippen LogP contribution < -0.4 is 4.90 Å². The molecule has 62 heavy (non-hydrogen) atoms. The van der Waals surface area contributed by atoms with Crippen molar-refractivity contribution in [2.75, 3.05) is 4.90 Å². The van der Waals surface area contributed by atoms with Crippen LogP contribution in [0.3, 0.4) is 0 Å². The Morgan fingerprint density at radius 3 is 1.56 bits per heavy atom. The Morgan fingerprint density at radius 1 is 0.290 bits per heavy atom. The summed E-state index contributed by atoms with van der Waals surface area (Å²) in [6.45, 7) is 0. The number of rotatable bonds is 7. The highest BCUT2D eigenvalue weighted by Gasteiger charge is 2.47. The lowest BCUT2D eigenvalue weighted by Crippen LogP contribution is -2.28. The molecule has 290 valence electrons. The van der Waals surface area contributed by atoms with Gasteiger partial charge in [0, 0.05) is 16.9 Å². The predicted molar refractivity (Wildman–Crippen MR) is 262 cm³/mol. The molecule has 0 bridgehead atoms. The Balaban J connectivity index is 1.06. The number of benzene rings is 11. The second-order valence-electron chi connectivity index (χ2n) is 16.4. The van der Waals surface area contributed by atoms with Crippen molar-refractivity contribution >= 4 is 49.4 Å². The molecule has 1 aliphatic carbocycles. The van der Waals surface area contributed by atoms with E-state index in [1.54, 1.807) is 0 Å². The number of nitrogens with zero attached hydrogens (tertiary/aromatic N) is 1. The predicted octanol–water partition coefficient (Wildman–Crippen LogP) is 16.3. The van der Waals surface area contributed by atoms with E-state index in [0.29, 0.717) is 0 Å². The van der Waals surface area contributed by atoms with Crippen LogP contribution in [-0.4, -0.2) is 0 Å². The van der Waals surface area contributed by atoms with E-state index in [-0.39, 0.29) is 0 Å². The van der Waals surface area contributed by atoms with Crippen LogP contribution in [0.4, 0.5) is 17.1 Å².